The van der Waals surface area contributed by atoms with E-state index in [1.165, 1.54) is 92.1 Å². The van der Waals surface area contributed by atoms with E-state index in [1.54, 1.807) is 93.1 Å². The number of aliphatic hydroxyl groups is 1. The molecule has 0 heterocycles. The summed E-state index contributed by atoms with van der Waals surface area (Å²) in [6.07, 6.45) is 19.3. The van der Waals surface area contributed by atoms with E-state index in [0.717, 1.165) is 42.7 Å². The summed E-state index contributed by atoms with van der Waals surface area (Å²) in [4.78, 5) is -0.197. The van der Waals surface area contributed by atoms with Crippen molar-refractivity contribution in [2.24, 2.45) is 0 Å². The molecule has 0 saturated heterocycles. The fraction of sp³-hybridized carbons (Fsp3) is 0.281. The minimum Gasteiger partial charge on any atom is -0.508 e. The number of ether oxygens (including phenoxy) is 7. The Morgan fingerprint density at radius 1 is 0.360 bits per heavy atom. The van der Waals surface area contributed by atoms with E-state index in [2.05, 4.69) is 103 Å². The summed E-state index contributed by atoms with van der Waals surface area (Å²) in [6.45, 7) is 49.1. The van der Waals surface area contributed by atoms with Gasteiger partial charge in [0, 0.05) is 45.6 Å². The second kappa shape index (κ2) is 74.7. The molecule has 19 nitrogen and oxygen atoms in total. The van der Waals surface area contributed by atoms with Gasteiger partial charge in [-0.3, -0.25) is 9.11 Å². The van der Waals surface area contributed by atoms with E-state index in [-0.39, 0.29) is 56.7 Å². The largest absolute Gasteiger partial charge is 0.508 e. The molecule has 0 radical (unpaired) electrons. The highest BCUT2D eigenvalue weighted by molar-refractivity contribution is 8.14. The summed E-state index contributed by atoms with van der Waals surface area (Å²) in [5.74, 6) is 3.61. The Morgan fingerprint density at radius 2 is 0.693 bits per heavy atom. The van der Waals surface area contributed by atoms with Crippen LogP contribution in [0.25, 0.3) is 0 Å². The second-order valence-corrected chi connectivity index (χ2v) is 28.5. The summed E-state index contributed by atoms with van der Waals surface area (Å²) in [5.41, 5.74) is 4.07. The first-order chi connectivity index (χ1) is 54.4. The Labute approximate surface area is 693 Å². The highest BCUT2D eigenvalue weighted by Crippen LogP contribution is 2.32. The van der Waals surface area contributed by atoms with Crippen LogP contribution in [0.1, 0.15) is 110 Å². The van der Waals surface area contributed by atoms with Gasteiger partial charge in [0.05, 0.1) is 44.8 Å². The molecule has 0 aliphatic carbocycles. The maximum atomic E-state index is 11.2. The highest BCUT2D eigenvalue weighted by Gasteiger charge is 2.19. The summed E-state index contributed by atoms with van der Waals surface area (Å²) in [7, 11) is 0.807. The van der Waals surface area contributed by atoms with Crippen LogP contribution in [-0.2, 0) is 57.6 Å². The van der Waals surface area contributed by atoms with Gasteiger partial charge in [0.15, 0.2) is 0 Å². The maximum absolute atomic E-state index is 11.2. The van der Waals surface area contributed by atoms with Crippen molar-refractivity contribution >= 4 is 59.7 Å². The predicted octanol–water partition coefficient (Wildman–Crippen LogP) is 22.8. The molecule has 0 amide bonds. The molecule has 0 aliphatic heterocycles. The number of hydrogen-bond acceptors (Lipinski definition) is 17. The van der Waals surface area contributed by atoms with Crippen molar-refractivity contribution in [1.29, 1.82) is 0 Å². The number of phenols is 1. The van der Waals surface area contributed by atoms with E-state index in [4.69, 9.17) is 73.8 Å². The normalized spacial score (nSPS) is 9.46. The number of aromatic hydroxyl groups is 1. The van der Waals surface area contributed by atoms with Gasteiger partial charge in [0.1, 0.15) is 75.6 Å². The van der Waals surface area contributed by atoms with Gasteiger partial charge in [-0.25, -0.2) is 16.8 Å². The first kappa shape index (κ1) is 115. The van der Waals surface area contributed by atoms with E-state index in [9.17, 15) is 33.7 Å². The summed E-state index contributed by atoms with van der Waals surface area (Å²) in [5, 5.41) is 16.6. The molecule has 0 saturated carbocycles. The van der Waals surface area contributed by atoms with E-state index in [1.807, 2.05) is 116 Å². The smallest absolute Gasteiger partial charge is 0.298 e. The van der Waals surface area contributed by atoms with Crippen LogP contribution in [0.2, 0.25) is 0 Å². The van der Waals surface area contributed by atoms with Gasteiger partial charge < -0.3 is 43.4 Å². The predicted molar refractivity (Wildman–Crippen MR) is 476 cm³/mol. The van der Waals surface area contributed by atoms with Crippen molar-refractivity contribution in [2.45, 2.75) is 134 Å². The molecule has 4 N–H and O–H groups in total. The number of aryl methyl sites for hydroxylation is 4. The quantitative estimate of drug-likeness (QED) is 0.0201. The number of aliphatic hydroxyl groups excluding tert-OH is 1. The molecule has 8 rings (SSSR count). The topological polar surface area (TPSA) is 282 Å². The molecule has 0 bridgehead atoms. The first-order valence-electron chi connectivity index (χ1n) is 36.2. The minimum atomic E-state index is -4.30. The van der Waals surface area contributed by atoms with Gasteiger partial charge in [-0.05, 0) is 129 Å². The average molecular weight is 1700 g/mol. The van der Waals surface area contributed by atoms with Crippen LogP contribution in [0.5, 0.6) is 46.0 Å². The van der Waals surface area contributed by atoms with E-state index >= 15 is 0 Å². The van der Waals surface area contributed by atoms with Gasteiger partial charge in [-0.1, -0.05) is 245 Å². The molecule has 8 aromatic carbocycles. The van der Waals surface area contributed by atoms with Crippen LogP contribution < -0.4 is 33.2 Å². The van der Waals surface area contributed by atoms with Crippen LogP contribution >= 0.6 is 21.4 Å². The van der Waals surface area contributed by atoms with Crippen LogP contribution in [0.3, 0.4) is 0 Å². The first-order valence-corrected chi connectivity index (χ1v) is 43.7. The number of hydrogen-bond donors (Lipinski definition) is 4. The van der Waals surface area contributed by atoms with Crippen molar-refractivity contribution in [2.75, 3.05) is 54.9 Å². The Bertz CT molecular complexity index is 4130. The van der Waals surface area contributed by atoms with Crippen molar-refractivity contribution < 1.29 is 86.1 Å². The molecule has 0 fully saturated rings. The fourth-order valence-electron chi connectivity index (χ4n) is 7.50. The van der Waals surface area contributed by atoms with Gasteiger partial charge in [0.25, 0.3) is 38.3 Å². The molecule has 114 heavy (non-hydrogen) atoms. The molecule has 25 heteroatoms. The Kier molecular flexibility index (Phi) is 75.5. The molecule has 0 unspecified atom stereocenters. The number of rotatable bonds is 28. The van der Waals surface area contributed by atoms with Crippen molar-refractivity contribution in [1.82, 2.24) is 0 Å². The molecular formula is C89H124Cl2O19S4. The van der Waals surface area contributed by atoms with E-state index < -0.39 is 38.3 Å². The highest BCUT2D eigenvalue weighted by atomic mass is 35.7. The Morgan fingerprint density at radius 3 is 1.04 bits per heavy atom. The van der Waals surface area contributed by atoms with Gasteiger partial charge in [0.2, 0.25) is 0 Å². The standard InChI is InChI=1S/C10H11ClO4S.C10H11ClO2S.C10H12O5S.C10H12O3S.C10H12O2.C10H12.C7H8O2.C7H8.C4H8.C3H6O.4C2H6/c1-3-6-15-9-7-8(14-2)4-5-10(9)16(11,12)13;1-2-3-6-9-7-4-5-8-10(9)14(11,12)13;1-3-6-15-9-7-8(14-2)4-5-10(9)16(11,12)13;1-2-3-6-9-7-4-5-8-10(9)14(11,12)13;1-3-7-12-10-6-4-5-9(8-10)11-2;1-2-3-7-10-8-5-4-6-9-10;1-9-7-4-2-3-6(8)5-7;1-7-5-3-2-4-6-7;1-3-4-2;1-2-3-4;4*1-2/h3-5,7H,1,6H2,2H3;2,4-5,7-8H,1,3,6H2;3-5,7H,1,6H2,2H3,(H,11,12,13);2,4-5,7-8H,1,3,6H2,(H,11,12,13);3-6,8H,1,7H2,2H3;2,4-6,8-9H,1,3,7H2;2-5,8H,1H3;2-6H,1H3;3H,1,4H2,2H3;2,4H,1,3H2;4*1-2H3. The van der Waals surface area contributed by atoms with Crippen molar-refractivity contribution in [3.63, 3.8) is 0 Å². The second-order valence-electron chi connectivity index (χ2n) is 20.6. The molecule has 632 valence electrons. The zero-order valence-electron chi connectivity index (χ0n) is 68.8. The van der Waals surface area contributed by atoms with Crippen LogP contribution in [0, 0.1) is 6.92 Å². The zero-order valence-corrected chi connectivity index (χ0v) is 73.6. The van der Waals surface area contributed by atoms with Crippen LogP contribution in [-0.4, -0.2) is 108 Å². The molecular weight excluding hydrogens is 1570 g/mol. The van der Waals surface area contributed by atoms with Crippen LogP contribution in [0.4, 0.5) is 0 Å². The maximum Gasteiger partial charge on any atom is 0.298 e. The summed E-state index contributed by atoms with van der Waals surface area (Å²) in [6, 6.07) is 56.3. The van der Waals surface area contributed by atoms with Gasteiger partial charge >= 0.3 is 0 Å². The summed E-state index contributed by atoms with van der Waals surface area (Å²) >= 11 is 0. The minimum absolute atomic E-state index is 0.0122. The van der Waals surface area contributed by atoms with Crippen LogP contribution in [0.15, 0.2) is 315 Å². The number of halogens is 2. The Hall–Kier alpha value is -9.66. The number of phenolic OH excluding ortho intramolecular Hbond substituents is 1. The zero-order chi connectivity index (χ0) is 88.2. The number of methoxy groups -OCH3 is 4. The average Bonchev–Trinajstić information content (AvgIpc) is 0.803. The summed E-state index contributed by atoms with van der Waals surface area (Å²) < 4.78 is 142. The molecule has 8 aromatic rings. The lowest BCUT2D eigenvalue weighted by Crippen LogP contribution is -2.04. The Balaban J connectivity index is -0.000000287. The van der Waals surface area contributed by atoms with Crippen molar-refractivity contribution in [3.05, 3.63) is 318 Å². The SMILES string of the molecule is C=CCC.C=CCCc1ccccc1.C=CCCc1ccccc1S(=O)(=O)Cl.C=CCCc1ccccc1S(=O)(=O)O.C=CCO.C=CCOc1cc(OC)ccc1S(=O)(=O)Cl.C=CCOc1cc(OC)ccc1S(=O)(=O)O.C=CCOc1cccc(OC)c1.CC.CC.CC.CC.COc1cccc(O)c1.Cc1ccccc1. The third-order valence-corrected chi connectivity index (χ3v) is 17.2. The number of allylic oxidation sites excluding steroid dienone is 4. The van der Waals surface area contributed by atoms with Crippen molar-refractivity contribution in [3.8, 4) is 46.0 Å². The van der Waals surface area contributed by atoms with Gasteiger partial charge in [-0.15, -0.1) is 32.9 Å². The number of benzene rings is 8. The molecule has 0 aliphatic rings. The van der Waals surface area contributed by atoms with E-state index in [0.29, 0.717) is 48.7 Å². The lowest BCUT2D eigenvalue weighted by atomic mass is 10.1. The lowest BCUT2D eigenvalue weighted by Gasteiger charge is -2.09. The molecule has 0 aromatic heterocycles. The van der Waals surface area contributed by atoms with Gasteiger partial charge in [-0.2, -0.15) is 16.8 Å². The molecule has 0 atom stereocenters. The lowest BCUT2D eigenvalue weighted by molar-refractivity contribution is 0.343. The fourth-order valence-corrected chi connectivity index (χ4v) is 11.0. The third-order valence-electron chi connectivity index (χ3n) is 12.6. The molecule has 0 spiro atoms. The third kappa shape index (κ3) is 60.0. The monoisotopic (exact) mass is 1690 g/mol.